The molecule has 0 radical (unpaired) electrons. The van der Waals surface area contributed by atoms with E-state index < -0.39 is 0 Å². The Balaban J connectivity index is 0. The molecule has 0 saturated carbocycles. The van der Waals surface area contributed by atoms with E-state index in [1.807, 2.05) is 20.9 Å². The normalized spacial score (nSPS) is 12.6. The maximum Gasteiger partial charge on any atom is 0.0109 e. The Kier molecular flexibility index (Phi) is 13.8. The van der Waals surface area contributed by atoms with Crippen molar-refractivity contribution in [1.29, 1.82) is 0 Å². The third kappa shape index (κ3) is 11.8. The summed E-state index contributed by atoms with van der Waals surface area (Å²) < 4.78 is 0. The molecule has 0 bridgehead atoms. The number of rotatable bonds is 7. The van der Waals surface area contributed by atoms with E-state index in [1.54, 1.807) is 0 Å². The highest BCUT2D eigenvalue weighted by atomic mass is 15.2. The summed E-state index contributed by atoms with van der Waals surface area (Å²) in [6.07, 6.45) is 1.22. The lowest BCUT2D eigenvalue weighted by molar-refractivity contribution is 0.220. The molecule has 0 aliphatic heterocycles. The SMILES string of the molecule is CC.CNCCC(C)N(C)CCN(C)C. The lowest BCUT2D eigenvalue weighted by atomic mass is 10.2. The van der Waals surface area contributed by atoms with E-state index in [0.29, 0.717) is 6.04 Å². The van der Waals surface area contributed by atoms with Gasteiger partial charge < -0.3 is 15.1 Å². The van der Waals surface area contributed by atoms with Crippen molar-refractivity contribution in [2.45, 2.75) is 33.2 Å². The second kappa shape index (κ2) is 12.0. The molecule has 0 rings (SSSR count). The summed E-state index contributed by atoms with van der Waals surface area (Å²) in [5.41, 5.74) is 0. The van der Waals surface area contributed by atoms with Crippen LogP contribution in [0.15, 0.2) is 0 Å². The van der Waals surface area contributed by atoms with Crippen LogP contribution in [0.2, 0.25) is 0 Å². The van der Waals surface area contributed by atoms with Crippen LogP contribution in [0.5, 0.6) is 0 Å². The number of nitrogens with zero attached hydrogens (tertiary/aromatic N) is 2. The fraction of sp³-hybridized carbons (Fsp3) is 1.00. The average molecular weight is 217 g/mol. The van der Waals surface area contributed by atoms with E-state index in [9.17, 15) is 0 Å². The Bertz CT molecular complexity index is 115. The van der Waals surface area contributed by atoms with Crippen LogP contribution in [0, 0.1) is 0 Å². The van der Waals surface area contributed by atoms with Crippen molar-refractivity contribution in [2.75, 3.05) is 47.8 Å². The van der Waals surface area contributed by atoms with Crippen molar-refractivity contribution in [3.8, 4) is 0 Å². The molecule has 0 saturated heterocycles. The predicted octanol–water partition coefficient (Wildman–Crippen LogP) is 1.50. The van der Waals surface area contributed by atoms with Crippen LogP contribution in [-0.4, -0.2) is 63.7 Å². The predicted molar refractivity (Wildman–Crippen MR) is 70.5 cm³/mol. The van der Waals surface area contributed by atoms with E-state index >= 15 is 0 Å². The minimum Gasteiger partial charge on any atom is -0.320 e. The third-order valence-electron chi connectivity index (χ3n) is 2.46. The smallest absolute Gasteiger partial charge is 0.0109 e. The zero-order valence-electron chi connectivity index (χ0n) is 11.8. The van der Waals surface area contributed by atoms with Gasteiger partial charge >= 0.3 is 0 Å². The summed E-state index contributed by atoms with van der Waals surface area (Å²) in [5, 5.41) is 3.18. The Morgan fingerprint density at radius 3 is 2.00 bits per heavy atom. The second-order valence-corrected chi connectivity index (χ2v) is 4.03. The maximum atomic E-state index is 3.18. The molecule has 0 amide bonds. The van der Waals surface area contributed by atoms with Crippen molar-refractivity contribution >= 4 is 0 Å². The maximum absolute atomic E-state index is 3.18. The molecule has 94 valence electrons. The molecular weight excluding hydrogens is 186 g/mol. The Morgan fingerprint density at radius 1 is 1.07 bits per heavy atom. The molecule has 3 nitrogen and oxygen atoms in total. The number of likely N-dealkylation sites (N-methyl/N-ethyl adjacent to an activating group) is 2. The van der Waals surface area contributed by atoms with Crippen LogP contribution in [0.4, 0.5) is 0 Å². The zero-order valence-corrected chi connectivity index (χ0v) is 11.8. The van der Waals surface area contributed by atoms with Gasteiger partial charge in [-0.2, -0.15) is 0 Å². The molecule has 1 N–H and O–H groups in total. The van der Waals surface area contributed by atoms with E-state index in [0.717, 1.165) is 19.6 Å². The average Bonchev–Trinajstić information content (AvgIpc) is 2.25. The van der Waals surface area contributed by atoms with Gasteiger partial charge in [-0.3, -0.25) is 0 Å². The first-order chi connectivity index (χ1) is 7.07. The molecule has 15 heavy (non-hydrogen) atoms. The van der Waals surface area contributed by atoms with Gasteiger partial charge in [0.05, 0.1) is 0 Å². The lowest BCUT2D eigenvalue weighted by Crippen LogP contribution is -2.36. The van der Waals surface area contributed by atoms with Crippen LogP contribution in [0.25, 0.3) is 0 Å². The highest BCUT2D eigenvalue weighted by Crippen LogP contribution is 1.99. The number of hydrogen-bond acceptors (Lipinski definition) is 3. The second-order valence-electron chi connectivity index (χ2n) is 4.03. The zero-order chi connectivity index (χ0) is 12.3. The molecule has 0 fully saturated rings. The van der Waals surface area contributed by atoms with Gasteiger partial charge in [0.2, 0.25) is 0 Å². The van der Waals surface area contributed by atoms with Gasteiger partial charge in [-0.25, -0.2) is 0 Å². The van der Waals surface area contributed by atoms with Crippen LogP contribution in [-0.2, 0) is 0 Å². The lowest BCUT2D eigenvalue weighted by Gasteiger charge is -2.25. The van der Waals surface area contributed by atoms with Gasteiger partial charge in [0.1, 0.15) is 0 Å². The Morgan fingerprint density at radius 2 is 1.60 bits per heavy atom. The largest absolute Gasteiger partial charge is 0.320 e. The fourth-order valence-electron chi connectivity index (χ4n) is 1.15. The van der Waals surface area contributed by atoms with Crippen molar-refractivity contribution in [3.05, 3.63) is 0 Å². The summed E-state index contributed by atoms with van der Waals surface area (Å²) >= 11 is 0. The van der Waals surface area contributed by atoms with Gasteiger partial charge in [-0.1, -0.05) is 13.8 Å². The molecule has 1 unspecified atom stereocenters. The quantitative estimate of drug-likeness (QED) is 0.697. The van der Waals surface area contributed by atoms with Gasteiger partial charge in [0.25, 0.3) is 0 Å². The molecule has 0 spiro atoms. The van der Waals surface area contributed by atoms with Gasteiger partial charge in [0.15, 0.2) is 0 Å². The molecule has 3 heteroatoms. The molecular formula is C12H31N3. The summed E-state index contributed by atoms with van der Waals surface area (Å²) in [4.78, 5) is 4.64. The van der Waals surface area contributed by atoms with Crippen LogP contribution >= 0.6 is 0 Å². The molecule has 0 aromatic rings. The minimum atomic E-state index is 0.674. The highest BCUT2D eigenvalue weighted by Gasteiger charge is 2.07. The summed E-state index contributed by atoms with van der Waals surface area (Å²) in [7, 11) is 8.44. The van der Waals surface area contributed by atoms with E-state index in [4.69, 9.17) is 0 Å². The highest BCUT2D eigenvalue weighted by molar-refractivity contribution is 4.64. The molecule has 1 atom stereocenters. The van der Waals surface area contributed by atoms with Gasteiger partial charge in [-0.05, 0) is 48.1 Å². The molecule has 0 aliphatic rings. The first kappa shape index (κ1) is 17.3. The molecule has 0 aliphatic carbocycles. The van der Waals surface area contributed by atoms with Crippen molar-refractivity contribution in [2.24, 2.45) is 0 Å². The molecule has 0 aromatic carbocycles. The van der Waals surface area contributed by atoms with Crippen molar-refractivity contribution in [1.82, 2.24) is 15.1 Å². The first-order valence-corrected chi connectivity index (χ1v) is 6.07. The van der Waals surface area contributed by atoms with Gasteiger partial charge in [0, 0.05) is 19.1 Å². The summed E-state index contributed by atoms with van der Waals surface area (Å²) in [6.45, 7) is 9.68. The van der Waals surface area contributed by atoms with Crippen molar-refractivity contribution < 1.29 is 0 Å². The summed E-state index contributed by atoms with van der Waals surface area (Å²) in [6, 6.07) is 0.674. The van der Waals surface area contributed by atoms with Gasteiger partial charge in [-0.15, -0.1) is 0 Å². The van der Waals surface area contributed by atoms with E-state index in [1.165, 1.54) is 6.42 Å². The Labute approximate surface area is 96.8 Å². The fourth-order valence-corrected chi connectivity index (χ4v) is 1.15. The van der Waals surface area contributed by atoms with Crippen molar-refractivity contribution in [3.63, 3.8) is 0 Å². The molecule has 0 aromatic heterocycles. The van der Waals surface area contributed by atoms with Crippen LogP contribution in [0.1, 0.15) is 27.2 Å². The monoisotopic (exact) mass is 217 g/mol. The minimum absolute atomic E-state index is 0.674. The molecule has 0 heterocycles. The summed E-state index contributed by atoms with van der Waals surface area (Å²) in [5.74, 6) is 0. The number of hydrogen-bond donors (Lipinski definition) is 1. The topological polar surface area (TPSA) is 18.5 Å². The van der Waals surface area contributed by atoms with Crippen LogP contribution < -0.4 is 5.32 Å². The number of nitrogens with one attached hydrogen (secondary N) is 1. The first-order valence-electron chi connectivity index (χ1n) is 6.07. The standard InChI is InChI=1S/C10H25N3.C2H6/c1-10(6-7-11-2)13(5)9-8-12(3)4;1-2/h10-11H,6-9H2,1-5H3;1-2H3. The third-order valence-corrected chi connectivity index (χ3v) is 2.46. The van der Waals surface area contributed by atoms with E-state index in [2.05, 4.69) is 43.2 Å². The Hall–Kier alpha value is -0.120. The van der Waals surface area contributed by atoms with E-state index in [-0.39, 0.29) is 0 Å². The van der Waals surface area contributed by atoms with Crippen LogP contribution in [0.3, 0.4) is 0 Å².